The number of benzene rings is 1. The van der Waals surface area contributed by atoms with Gasteiger partial charge in [0, 0.05) is 6.54 Å². The van der Waals surface area contributed by atoms with E-state index in [1.807, 2.05) is 24.3 Å². The summed E-state index contributed by atoms with van der Waals surface area (Å²) in [6.07, 6.45) is 1.23. The quantitative estimate of drug-likeness (QED) is 0.208. The zero-order chi connectivity index (χ0) is 22.3. The molecule has 166 valence electrons. The summed E-state index contributed by atoms with van der Waals surface area (Å²) >= 11 is 0. The number of carbonyl (C=O) groups excluding carboxylic acids is 1. The standard InChI is InChI=1S/C18H31NO8P2/c1-14(2)12-15-6-8-16(9-7-15)13-17(20)19-11-5-3-4-10-18(21,28(22,23)24)29(25,26)27/h6-9,14,21H,3-5,10-13H2,1-2H3,(H,19,20)(H2,22,23,24)(H2,25,26,27). The van der Waals surface area contributed by atoms with E-state index in [1.54, 1.807) is 0 Å². The number of hydrogen-bond acceptors (Lipinski definition) is 4. The lowest BCUT2D eigenvalue weighted by atomic mass is 10.0. The highest BCUT2D eigenvalue weighted by Gasteiger charge is 2.58. The van der Waals surface area contributed by atoms with Gasteiger partial charge in [-0.05, 0) is 42.7 Å². The first-order chi connectivity index (χ1) is 13.3. The van der Waals surface area contributed by atoms with E-state index in [4.69, 9.17) is 19.6 Å². The molecule has 0 saturated heterocycles. The molecule has 0 fully saturated rings. The van der Waals surface area contributed by atoms with Gasteiger partial charge in [-0.3, -0.25) is 13.9 Å². The molecule has 11 heteroatoms. The van der Waals surface area contributed by atoms with Crippen LogP contribution in [-0.4, -0.2) is 42.2 Å². The first-order valence-electron chi connectivity index (χ1n) is 9.44. The monoisotopic (exact) mass is 451 g/mol. The van der Waals surface area contributed by atoms with Crippen LogP contribution in [0.2, 0.25) is 0 Å². The summed E-state index contributed by atoms with van der Waals surface area (Å²) in [5, 5.41) is 9.12. The largest absolute Gasteiger partial charge is 0.369 e. The molecule has 6 N–H and O–H groups in total. The smallest absolute Gasteiger partial charge is 0.368 e. The molecule has 0 radical (unpaired) electrons. The van der Waals surface area contributed by atoms with Gasteiger partial charge in [0.05, 0.1) is 6.42 Å². The zero-order valence-electron chi connectivity index (χ0n) is 16.7. The molecule has 0 aliphatic heterocycles. The zero-order valence-corrected chi connectivity index (χ0v) is 18.5. The number of rotatable bonds is 12. The molecule has 0 spiro atoms. The van der Waals surface area contributed by atoms with Gasteiger partial charge < -0.3 is 30.0 Å². The second-order valence-electron chi connectivity index (χ2n) is 7.61. The maximum atomic E-state index is 12.0. The summed E-state index contributed by atoms with van der Waals surface area (Å²) in [4.78, 5) is 48.2. The van der Waals surface area contributed by atoms with Gasteiger partial charge >= 0.3 is 15.2 Å². The normalized spacial score (nSPS) is 13.0. The Morgan fingerprint density at radius 2 is 1.48 bits per heavy atom. The van der Waals surface area contributed by atoms with Gasteiger partial charge in [0.1, 0.15) is 0 Å². The predicted molar refractivity (Wildman–Crippen MR) is 109 cm³/mol. The molecule has 29 heavy (non-hydrogen) atoms. The highest BCUT2D eigenvalue weighted by molar-refractivity contribution is 7.72. The van der Waals surface area contributed by atoms with E-state index in [-0.39, 0.29) is 18.7 Å². The average Bonchev–Trinajstić information content (AvgIpc) is 2.57. The Morgan fingerprint density at radius 3 is 1.97 bits per heavy atom. The Hall–Kier alpha value is -1.05. The summed E-state index contributed by atoms with van der Waals surface area (Å²) < 4.78 is 22.5. The number of nitrogens with one attached hydrogen (secondary N) is 1. The van der Waals surface area contributed by atoms with Crippen molar-refractivity contribution in [2.45, 2.75) is 57.5 Å². The average molecular weight is 451 g/mol. The van der Waals surface area contributed by atoms with Crippen molar-refractivity contribution in [3.05, 3.63) is 35.4 Å². The Bertz CT molecular complexity index is 732. The lowest BCUT2D eigenvalue weighted by molar-refractivity contribution is -0.120. The van der Waals surface area contributed by atoms with Crippen molar-refractivity contribution in [2.75, 3.05) is 6.54 Å². The van der Waals surface area contributed by atoms with E-state index < -0.39 is 26.7 Å². The molecule has 1 aromatic rings. The van der Waals surface area contributed by atoms with Gasteiger partial charge in [-0.2, -0.15) is 0 Å². The summed E-state index contributed by atoms with van der Waals surface area (Å²) in [5.41, 5.74) is 2.11. The van der Waals surface area contributed by atoms with E-state index in [1.165, 1.54) is 5.56 Å². The van der Waals surface area contributed by atoms with Crippen molar-refractivity contribution >= 4 is 21.1 Å². The number of unbranched alkanes of at least 4 members (excludes halogenated alkanes) is 2. The fourth-order valence-electron chi connectivity index (χ4n) is 2.87. The number of carbonyl (C=O) groups is 1. The maximum Gasteiger partial charge on any atom is 0.369 e. The first-order valence-corrected chi connectivity index (χ1v) is 12.7. The second-order valence-corrected chi connectivity index (χ2v) is 11.6. The minimum Gasteiger partial charge on any atom is -0.368 e. The van der Waals surface area contributed by atoms with Crippen molar-refractivity contribution < 1.29 is 38.6 Å². The Labute approximate surface area is 170 Å². The van der Waals surface area contributed by atoms with Crippen LogP contribution in [0.25, 0.3) is 0 Å². The van der Waals surface area contributed by atoms with Crippen LogP contribution in [0.4, 0.5) is 0 Å². The fourth-order valence-corrected chi connectivity index (χ4v) is 5.12. The molecule has 1 rings (SSSR count). The molecule has 1 aromatic carbocycles. The minimum absolute atomic E-state index is 0.0140. The van der Waals surface area contributed by atoms with Crippen LogP contribution in [-0.2, 0) is 26.8 Å². The van der Waals surface area contributed by atoms with E-state index in [0.29, 0.717) is 25.3 Å². The first kappa shape index (κ1) is 26.0. The van der Waals surface area contributed by atoms with Crippen LogP contribution in [0.3, 0.4) is 0 Å². The van der Waals surface area contributed by atoms with Crippen LogP contribution >= 0.6 is 15.2 Å². The minimum atomic E-state index is -5.41. The van der Waals surface area contributed by atoms with Crippen LogP contribution in [0.15, 0.2) is 24.3 Å². The SMILES string of the molecule is CC(C)Cc1ccc(CC(=O)NCCCCCC(O)(P(=O)(O)O)P(=O)(O)O)cc1. The van der Waals surface area contributed by atoms with E-state index >= 15 is 0 Å². The number of aliphatic hydroxyl groups is 1. The molecule has 0 heterocycles. The van der Waals surface area contributed by atoms with Gasteiger partial charge in [-0.15, -0.1) is 0 Å². The lowest BCUT2D eigenvalue weighted by Crippen LogP contribution is -2.29. The van der Waals surface area contributed by atoms with Gasteiger partial charge in [-0.25, -0.2) is 0 Å². The molecule has 0 aromatic heterocycles. The molecule has 0 aliphatic rings. The molecule has 0 saturated carbocycles. The molecule has 0 bridgehead atoms. The Morgan fingerprint density at radius 1 is 0.966 bits per heavy atom. The molecule has 1 amide bonds. The van der Waals surface area contributed by atoms with Crippen molar-refractivity contribution in [1.29, 1.82) is 0 Å². The van der Waals surface area contributed by atoms with Crippen molar-refractivity contribution in [2.24, 2.45) is 5.92 Å². The van der Waals surface area contributed by atoms with Crippen LogP contribution in [0, 0.1) is 5.92 Å². The summed E-state index contributed by atoms with van der Waals surface area (Å²) in [5.74, 6) is 0.395. The third kappa shape index (κ3) is 8.30. The lowest BCUT2D eigenvalue weighted by Gasteiger charge is -2.29. The van der Waals surface area contributed by atoms with E-state index in [9.17, 15) is 19.0 Å². The second kappa shape index (κ2) is 10.8. The number of hydrogen-bond donors (Lipinski definition) is 6. The van der Waals surface area contributed by atoms with Gasteiger partial charge in [-0.1, -0.05) is 44.5 Å². The summed E-state index contributed by atoms with van der Waals surface area (Å²) in [6, 6.07) is 7.85. The molecule has 9 nitrogen and oxygen atoms in total. The molecular weight excluding hydrogens is 420 g/mol. The van der Waals surface area contributed by atoms with Crippen LogP contribution in [0.5, 0.6) is 0 Å². The summed E-state index contributed by atoms with van der Waals surface area (Å²) in [7, 11) is -10.8. The van der Waals surface area contributed by atoms with Crippen molar-refractivity contribution in [3.8, 4) is 0 Å². The predicted octanol–water partition coefficient (Wildman–Crippen LogP) is 2.11. The van der Waals surface area contributed by atoms with E-state index in [0.717, 1.165) is 12.0 Å². The highest BCUT2D eigenvalue weighted by Crippen LogP contribution is 2.69. The van der Waals surface area contributed by atoms with Crippen molar-refractivity contribution in [1.82, 2.24) is 5.32 Å². The molecule has 0 atom stereocenters. The number of amides is 1. The third-order valence-electron chi connectivity index (χ3n) is 4.48. The van der Waals surface area contributed by atoms with Crippen molar-refractivity contribution in [3.63, 3.8) is 0 Å². The van der Waals surface area contributed by atoms with Gasteiger partial charge in [0.2, 0.25) is 5.91 Å². The van der Waals surface area contributed by atoms with Crippen LogP contribution < -0.4 is 5.32 Å². The van der Waals surface area contributed by atoms with E-state index in [2.05, 4.69) is 19.2 Å². The Kier molecular flexibility index (Phi) is 9.70. The molecule has 0 aliphatic carbocycles. The van der Waals surface area contributed by atoms with Gasteiger partial charge in [0.15, 0.2) is 0 Å². The maximum absolute atomic E-state index is 12.0. The topological polar surface area (TPSA) is 164 Å². The van der Waals surface area contributed by atoms with Crippen LogP contribution in [0.1, 0.15) is 50.7 Å². The van der Waals surface area contributed by atoms with Gasteiger partial charge in [0.25, 0.3) is 5.08 Å². The third-order valence-corrected chi connectivity index (χ3v) is 8.35. The summed E-state index contributed by atoms with van der Waals surface area (Å²) in [6.45, 7) is 4.59. The molecular formula is C18H31NO8P2. The fraction of sp³-hybridized carbons (Fsp3) is 0.611. The molecule has 0 unspecified atom stereocenters. The highest BCUT2D eigenvalue weighted by atomic mass is 31.2. The Balaban J connectivity index is 2.35.